The van der Waals surface area contributed by atoms with Crippen molar-refractivity contribution in [2.75, 3.05) is 50.7 Å². The van der Waals surface area contributed by atoms with Crippen molar-refractivity contribution in [3.8, 4) is 0 Å². The van der Waals surface area contributed by atoms with Crippen LogP contribution in [0.15, 0.2) is 47.4 Å². The number of aromatic amines is 1. The van der Waals surface area contributed by atoms with Crippen molar-refractivity contribution in [1.82, 2.24) is 29.2 Å². The molecule has 49 heavy (non-hydrogen) atoms. The number of anilines is 1. The molecule has 2 amide bonds. The smallest absolute Gasteiger partial charge is 0.327 e. The van der Waals surface area contributed by atoms with Crippen LogP contribution in [0.5, 0.6) is 0 Å². The second-order valence-corrected chi connectivity index (χ2v) is 17.0. The Hall–Kier alpha value is -3.31. The third kappa shape index (κ3) is 7.43. The number of nitrogens with one attached hydrogen (secondary N) is 1. The number of carbonyl (C=O) groups excluding carboxylic acids is 2. The van der Waals surface area contributed by atoms with E-state index in [1.807, 2.05) is 17.0 Å². The van der Waals surface area contributed by atoms with Gasteiger partial charge in [-0.2, -0.15) is 0 Å². The number of piperidine rings is 3. The van der Waals surface area contributed by atoms with Gasteiger partial charge in [0.1, 0.15) is 5.37 Å². The zero-order valence-corrected chi connectivity index (χ0v) is 30.3. The minimum atomic E-state index is -0.407. The fraction of sp³-hybridized carbons (Fsp3) is 0.632. The molecule has 11 heteroatoms. The fourth-order valence-corrected chi connectivity index (χ4v) is 9.87. The molecule has 4 saturated heterocycles. The van der Waals surface area contributed by atoms with Crippen LogP contribution >= 0.6 is 11.8 Å². The van der Waals surface area contributed by atoms with Crippen LogP contribution in [0, 0.1) is 5.41 Å². The lowest BCUT2D eigenvalue weighted by molar-refractivity contribution is -0.136. The number of carbonyl (C=O) groups is 2. The van der Waals surface area contributed by atoms with Crippen LogP contribution in [-0.2, 0) is 9.59 Å². The molecule has 4 aliphatic heterocycles. The Morgan fingerprint density at radius 3 is 2.37 bits per heavy atom. The van der Waals surface area contributed by atoms with Gasteiger partial charge in [0.2, 0.25) is 11.8 Å². The van der Waals surface area contributed by atoms with Gasteiger partial charge in [0.15, 0.2) is 5.65 Å². The van der Waals surface area contributed by atoms with Crippen LogP contribution in [0.25, 0.3) is 11.2 Å². The number of hydrogen-bond acceptors (Lipinski definition) is 7. The Morgan fingerprint density at radius 2 is 1.63 bits per heavy atom. The molecule has 1 N–H and O–H groups in total. The van der Waals surface area contributed by atoms with Gasteiger partial charge < -0.3 is 19.6 Å². The second kappa shape index (κ2) is 14.5. The third-order valence-electron chi connectivity index (χ3n) is 11.2. The highest BCUT2D eigenvalue weighted by atomic mass is 32.2. The van der Waals surface area contributed by atoms with E-state index in [9.17, 15) is 14.4 Å². The third-order valence-corrected chi connectivity index (χ3v) is 12.6. The molecule has 0 bridgehead atoms. The Balaban J connectivity index is 0.00000432. The first-order valence-corrected chi connectivity index (χ1v) is 19.5. The number of fused-ring (bicyclic) bond motifs is 1. The number of pyridine rings is 1. The lowest BCUT2D eigenvalue weighted by Gasteiger charge is -2.42. The summed E-state index contributed by atoms with van der Waals surface area (Å²) >= 11 is 1.66. The first-order chi connectivity index (χ1) is 23.7. The first kappa shape index (κ1) is 34.2. The van der Waals surface area contributed by atoms with Crippen LogP contribution in [0.2, 0.25) is 0 Å². The lowest BCUT2D eigenvalue weighted by atomic mass is 9.92. The van der Waals surface area contributed by atoms with E-state index in [0.29, 0.717) is 44.2 Å². The lowest BCUT2D eigenvalue weighted by Crippen LogP contribution is -2.47. The Kier molecular flexibility index (Phi) is 10.1. The first-order valence-electron chi connectivity index (χ1n) is 18.5. The summed E-state index contributed by atoms with van der Waals surface area (Å²) in [6, 6.07) is 13.1. The number of nitrogens with zero attached hydrogens (tertiary/aromatic N) is 6. The number of para-hydroxylation sites is 1. The molecule has 0 radical (unpaired) electrons. The quantitative estimate of drug-likeness (QED) is 0.307. The number of H-pyrrole nitrogens is 1. The number of likely N-dealkylation sites (tertiary alicyclic amines) is 2. The van der Waals surface area contributed by atoms with Crippen LogP contribution in [0.3, 0.4) is 0 Å². The molecule has 3 aromatic rings. The van der Waals surface area contributed by atoms with Gasteiger partial charge in [-0.1, -0.05) is 45.4 Å². The molecule has 0 aliphatic carbocycles. The highest BCUT2D eigenvalue weighted by molar-refractivity contribution is 8.01. The number of imidazole rings is 1. The summed E-state index contributed by atoms with van der Waals surface area (Å²) in [4.78, 5) is 57.1. The van der Waals surface area contributed by atoms with Crippen molar-refractivity contribution >= 4 is 40.4 Å². The van der Waals surface area contributed by atoms with Gasteiger partial charge in [0.25, 0.3) is 0 Å². The molecule has 0 spiro atoms. The monoisotopic (exact) mass is 689 g/mol. The van der Waals surface area contributed by atoms with Gasteiger partial charge in [-0.15, -0.1) is 11.8 Å². The minimum absolute atomic E-state index is 0. The topological polar surface area (TPSA) is 97.8 Å². The summed E-state index contributed by atoms with van der Waals surface area (Å²) in [6.07, 6.45) is 10.5. The van der Waals surface area contributed by atoms with Crippen molar-refractivity contribution in [2.24, 2.45) is 5.41 Å². The maximum absolute atomic E-state index is 14.2. The molecule has 1 aromatic carbocycles. The van der Waals surface area contributed by atoms with Gasteiger partial charge in [0, 0.05) is 70.1 Å². The zero-order chi connectivity index (χ0) is 34.1. The number of aromatic nitrogens is 3. The summed E-state index contributed by atoms with van der Waals surface area (Å²) in [7, 11) is 0. The average Bonchev–Trinajstić information content (AvgIpc) is 3.62. The molecule has 4 fully saturated rings. The van der Waals surface area contributed by atoms with Crippen molar-refractivity contribution in [3.63, 3.8) is 0 Å². The summed E-state index contributed by atoms with van der Waals surface area (Å²) in [5.74, 6) is 0.112. The molecule has 266 valence electrons. The summed E-state index contributed by atoms with van der Waals surface area (Å²) in [5, 5.41) is -0.521. The predicted octanol–water partition coefficient (Wildman–Crippen LogP) is 6.06. The summed E-state index contributed by atoms with van der Waals surface area (Å²) in [6.45, 7) is 13.0. The molecule has 6 heterocycles. The average molecular weight is 690 g/mol. The summed E-state index contributed by atoms with van der Waals surface area (Å²) < 4.78 is 1.80. The molecular formula is C38H55N7O3S. The summed E-state index contributed by atoms with van der Waals surface area (Å²) in [5.41, 5.74) is 3.77. The molecule has 2 atom stereocenters. The van der Waals surface area contributed by atoms with Gasteiger partial charge >= 0.3 is 5.69 Å². The standard InChI is InChI=1S/C38H53N7O3S.H2/c1-38(2,3)17-25-44-35(47)32(26-33(46)43-23-15-28(16-24-43)45-31-12-9-18-39-34(31)40-37(45)48)49-36(44)29-10-5-6-11-30(29)42-21-13-27(14-22-42)41-19-7-4-8-20-41;/h5-6,9-12,18,27-28,32,36H,4,7-8,13-17,19-26H2,1-3H3,(H,39,40,48);1H. The van der Waals surface area contributed by atoms with E-state index >= 15 is 0 Å². The van der Waals surface area contributed by atoms with E-state index in [1.165, 1.54) is 56.4 Å². The van der Waals surface area contributed by atoms with Gasteiger partial charge in [-0.25, -0.2) is 9.78 Å². The van der Waals surface area contributed by atoms with E-state index in [1.54, 1.807) is 22.5 Å². The Morgan fingerprint density at radius 1 is 0.918 bits per heavy atom. The minimum Gasteiger partial charge on any atom is -0.371 e. The van der Waals surface area contributed by atoms with Crippen molar-refractivity contribution < 1.29 is 11.0 Å². The van der Waals surface area contributed by atoms with Crippen LogP contribution in [-0.4, -0.2) is 98.2 Å². The highest BCUT2D eigenvalue weighted by Crippen LogP contribution is 2.48. The fourth-order valence-electron chi connectivity index (χ4n) is 8.37. The predicted molar refractivity (Wildman–Crippen MR) is 199 cm³/mol. The Labute approximate surface area is 296 Å². The van der Waals surface area contributed by atoms with E-state index in [0.717, 1.165) is 25.0 Å². The number of hydrogen-bond donors (Lipinski definition) is 1. The second-order valence-electron chi connectivity index (χ2n) is 15.7. The molecule has 10 nitrogen and oxygen atoms in total. The van der Waals surface area contributed by atoms with Gasteiger partial charge in [-0.3, -0.25) is 19.1 Å². The van der Waals surface area contributed by atoms with E-state index in [-0.39, 0.29) is 42.2 Å². The SMILES string of the molecule is CC(C)(C)CCN1C(=O)C(CC(=O)N2CCC(n3c(=O)[nH]c4ncccc43)CC2)SC1c1ccccc1N1CCC(N2CCCCC2)CC1.[HH]. The number of thioether (sulfide) groups is 1. The number of amides is 2. The van der Waals surface area contributed by atoms with Crippen molar-refractivity contribution in [2.45, 2.75) is 101 Å². The van der Waals surface area contributed by atoms with E-state index in [4.69, 9.17) is 0 Å². The highest BCUT2D eigenvalue weighted by Gasteiger charge is 2.44. The molecule has 4 aliphatic rings. The number of rotatable bonds is 8. The molecule has 7 rings (SSSR count). The zero-order valence-electron chi connectivity index (χ0n) is 29.5. The maximum Gasteiger partial charge on any atom is 0.327 e. The Bertz CT molecular complexity index is 1680. The number of benzene rings is 1. The molecular weight excluding hydrogens is 635 g/mol. The van der Waals surface area contributed by atoms with Crippen LogP contribution < -0.4 is 10.6 Å². The molecule has 2 unspecified atom stereocenters. The van der Waals surface area contributed by atoms with Crippen molar-refractivity contribution in [1.29, 1.82) is 0 Å². The molecule has 2 aromatic heterocycles. The van der Waals surface area contributed by atoms with Gasteiger partial charge in [0.05, 0.1) is 10.8 Å². The normalized spacial score (nSPS) is 23.6. The molecule has 0 saturated carbocycles. The van der Waals surface area contributed by atoms with E-state index < -0.39 is 5.25 Å². The van der Waals surface area contributed by atoms with Crippen LogP contribution in [0.4, 0.5) is 5.69 Å². The van der Waals surface area contributed by atoms with Gasteiger partial charge in [-0.05, 0) is 81.6 Å². The van der Waals surface area contributed by atoms with Crippen molar-refractivity contribution in [3.05, 3.63) is 58.6 Å². The van der Waals surface area contributed by atoms with Crippen LogP contribution in [0.1, 0.15) is 97.0 Å². The van der Waals surface area contributed by atoms with E-state index in [2.05, 4.69) is 69.7 Å². The maximum atomic E-state index is 14.2. The largest absolute Gasteiger partial charge is 0.371 e.